The summed E-state index contributed by atoms with van der Waals surface area (Å²) in [5, 5.41) is 3.28. The fourth-order valence-electron chi connectivity index (χ4n) is 3.72. The van der Waals surface area contributed by atoms with Crippen molar-refractivity contribution in [3.8, 4) is 0 Å². The van der Waals surface area contributed by atoms with Crippen molar-refractivity contribution in [3.05, 3.63) is 72.1 Å². The maximum absolute atomic E-state index is 12.7. The number of H-pyrrole nitrogens is 1. The first kappa shape index (κ1) is 32.1. The number of benzene rings is 2. The Labute approximate surface area is 230 Å². The van der Waals surface area contributed by atoms with Gasteiger partial charge in [-0.25, -0.2) is 13.4 Å². The Hall–Kier alpha value is -3.15. The van der Waals surface area contributed by atoms with Gasteiger partial charge in [-0.15, -0.1) is 0 Å². The second-order valence-electron chi connectivity index (χ2n) is 8.78. The molecule has 1 aliphatic rings. The smallest absolute Gasteiger partial charge is 0.369 e. The van der Waals surface area contributed by atoms with E-state index < -0.39 is 21.6 Å². The molecule has 1 aliphatic heterocycles. The van der Waals surface area contributed by atoms with E-state index in [0.29, 0.717) is 21.8 Å². The lowest BCUT2D eigenvalue weighted by Crippen LogP contribution is -2.43. The van der Waals surface area contributed by atoms with Gasteiger partial charge in [0.05, 0.1) is 21.5 Å². The molecule has 11 heteroatoms. The van der Waals surface area contributed by atoms with Gasteiger partial charge in [0.1, 0.15) is 5.82 Å². The number of nitrogens with two attached hydrogens (primary N) is 1. The second kappa shape index (κ2) is 14.3. The fraction of sp³-hybridized carbons (Fsp3) is 0.393. The van der Waals surface area contributed by atoms with Crippen LogP contribution in [-0.4, -0.2) is 56.9 Å². The molecule has 1 saturated heterocycles. The molecule has 0 saturated carbocycles. The van der Waals surface area contributed by atoms with Crippen molar-refractivity contribution in [1.82, 2.24) is 15.3 Å². The number of nitrogens with zero attached hydrogens (tertiary/aromatic N) is 2. The highest BCUT2D eigenvalue weighted by molar-refractivity contribution is 7.90. The fourth-order valence-corrected chi connectivity index (χ4v) is 4.35. The lowest BCUT2D eigenvalue weighted by molar-refractivity contribution is -0.137. The summed E-state index contributed by atoms with van der Waals surface area (Å²) in [4.78, 5) is 9.85. The Morgan fingerprint density at radius 3 is 2.26 bits per heavy atom. The minimum atomic E-state index is -4.36. The third-order valence-electron chi connectivity index (χ3n) is 5.72. The van der Waals surface area contributed by atoms with Gasteiger partial charge in [-0.3, -0.25) is 0 Å². The zero-order chi connectivity index (χ0) is 29.2. The Kier molecular flexibility index (Phi) is 11.8. The van der Waals surface area contributed by atoms with Crippen LogP contribution in [0.2, 0.25) is 0 Å². The predicted octanol–water partition coefficient (Wildman–Crippen LogP) is 5.66. The summed E-state index contributed by atoms with van der Waals surface area (Å²) in [6.45, 7) is 11.6. The van der Waals surface area contributed by atoms with Crippen LogP contribution in [0.3, 0.4) is 0 Å². The minimum absolute atomic E-state index is 0. The second-order valence-corrected chi connectivity index (χ2v) is 10.8. The molecule has 0 spiro atoms. The van der Waals surface area contributed by atoms with Crippen LogP contribution in [0.1, 0.15) is 40.5 Å². The first-order valence-electron chi connectivity index (χ1n) is 12.8. The van der Waals surface area contributed by atoms with Gasteiger partial charge in [-0.1, -0.05) is 32.1 Å². The Balaban J connectivity index is 0.000000379. The van der Waals surface area contributed by atoms with Crippen LogP contribution < -0.4 is 16.0 Å². The quantitative estimate of drug-likeness (QED) is 0.344. The summed E-state index contributed by atoms with van der Waals surface area (Å²) < 4.78 is 60.7. The number of fused-ring (bicyclic) bond motifs is 1. The van der Waals surface area contributed by atoms with Crippen molar-refractivity contribution in [3.63, 3.8) is 0 Å². The molecule has 7 nitrogen and oxygen atoms in total. The van der Waals surface area contributed by atoms with Crippen LogP contribution in [0.15, 0.2) is 65.6 Å². The molecule has 0 radical (unpaired) electrons. The van der Waals surface area contributed by atoms with Crippen molar-refractivity contribution in [1.29, 1.82) is 0 Å². The molecule has 2 aromatic carbocycles. The number of anilines is 1. The predicted molar refractivity (Wildman–Crippen MR) is 156 cm³/mol. The maximum atomic E-state index is 12.7. The minimum Gasteiger partial charge on any atom is -0.369 e. The molecule has 2 heterocycles. The average molecular weight is 568 g/mol. The molecule has 0 aliphatic carbocycles. The van der Waals surface area contributed by atoms with E-state index in [4.69, 9.17) is 5.73 Å². The van der Waals surface area contributed by atoms with E-state index in [1.54, 1.807) is 24.3 Å². The van der Waals surface area contributed by atoms with Gasteiger partial charge in [0.15, 0.2) is 9.84 Å². The first-order valence-corrected chi connectivity index (χ1v) is 14.7. The molecule has 4 N–H and O–H groups in total. The molecular weight excluding hydrogens is 527 g/mol. The lowest BCUT2D eigenvalue weighted by Gasteiger charge is -2.29. The van der Waals surface area contributed by atoms with Gasteiger partial charge in [0, 0.05) is 51.2 Å². The van der Waals surface area contributed by atoms with Gasteiger partial charge in [0.25, 0.3) is 0 Å². The SMILES string of the molecule is C/C=C(\C=C/C(C)N)c1nc2ccc(C(F)(F)F)cc2[nH]1.CC.CS(=O)(=O)c1ccc(N2CCNCC2)cc1.[HH]. The highest BCUT2D eigenvalue weighted by Gasteiger charge is 2.30. The number of hydrogen-bond donors (Lipinski definition) is 3. The summed E-state index contributed by atoms with van der Waals surface area (Å²) >= 11 is 0. The van der Waals surface area contributed by atoms with Crippen LogP contribution >= 0.6 is 0 Å². The summed E-state index contributed by atoms with van der Waals surface area (Å²) in [5.74, 6) is 0.517. The Morgan fingerprint density at radius 1 is 1.13 bits per heavy atom. The summed E-state index contributed by atoms with van der Waals surface area (Å²) in [6, 6.07) is 10.4. The van der Waals surface area contributed by atoms with E-state index >= 15 is 0 Å². The van der Waals surface area contributed by atoms with Gasteiger partial charge >= 0.3 is 6.18 Å². The third-order valence-corrected chi connectivity index (χ3v) is 6.85. The van der Waals surface area contributed by atoms with Crippen molar-refractivity contribution in [2.24, 2.45) is 5.73 Å². The Morgan fingerprint density at radius 2 is 1.74 bits per heavy atom. The molecule has 0 bridgehead atoms. The van der Waals surface area contributed by atoms with E-state index in [1.807, 2.05) is 45.9 Å². The van der Waals surface area contributed by atoms with Crippen molar-refractivity contribution >= 4 is 32.1 Å². The van der Waals surface area contributed by atoms with Gasteiger partial charge < -0.3 is 20.9 Å². The molecule has 1 fully saturated rings. The largest absolute Gasteiger partial charge is 0.416 e. The molecule has 1 atom stereocenters. The number of piperazine rings is 1. The zero-order valence-electron chi connectivity index (χ0n) is 23.0. The monoisotopic (exact) mass is 567 g/mol. The topological polar surface area (TPSA) is 104 Å². The number of alkyl halides is 3. The van der Waals surface area contributed by atoms with Crippen LogP contribution in [0.25, 0.3) is 16.6 Å². The number of allylic oxidation sites excluding steroid dienone is 3. The van der Waals surface area contributed by atoms with E-state index in [0.717, 1.165) is 49.6 Å². The number of aromatic nitrogens is 2. The molecule has 1 unspecified atom stereocenters. The van der Waals surface area contributed by atoms with E-state index in [1.165, 1.54) is 12.3 Å². The number of nitrogens with one attached hydrogen (secondary N) is 2. The van der Waals surface area contributed by atoms with Crippen molar-refractivity contribution in [2.45, 2.75) is 44.8 Å². The van der Waals surface area contributed by atoms with Crippen molar-refractivity contribution < 1.29 is 23.0 Å². The van der Waals surface area contributed by atoms with Crippen LogP contribution in [0, 0.1) is 0 Å². The van der Waals surface area contributed by atoms with E-state index in [9.17, 15) is 21.6 Å². The molecule has 0 amide bonds. The summed E-state index contributed by atoms with van der Waals surface area (Å²) in [7, 11) is -3.08. The maximum Gasteiger partial charge on any atom is 0.416 e. The van der Waals surface area contributed by atoms with Crippen molar-refractivity contribution in [2.75, 3.05) is 37.3 Å². The zero-order valence-corrected chi connectivity index (χ0v) is 23.8. The third kappa shape index (κ3) is 9.52. The number of rotatable bonds is 5. The molecule has 216 valence electrons. The number of imidazole rings is 1. The summed E-state index contributed by atoms with van der Waals surface area (Å²) in [6.07, 6.45) is 2.28. The standard InChI is InChI=1S/C15H16F3N3.C11H16N2O2S.C2H6.H2/c1-3-10(5-4-9(2)19)14-20-12-7-6-11(15(16,17)18)8-13(12)21-14;1-16(14,15)11-4-2-10(3-5-11)13-8-6-12-7-9-13;1-2;/h3-9H,19H2,1-2H3,(H,20,21);2-5,12H,6-9H2,1H3;1-2H3;1H/b5-4-,10-3+;;;. The van der Waals surface area contributed by atoms with Crippen LogP contribution in [0.5, 0.6) is 0 Å². The summed E-state index contributed by atoms with van der Waals surface area (Å²) in [5.41, 5.74) is 7.66. The molecule has 39 heavy (non-hydrogen) atoms. The highest BCUT2D eigenvalue weighted by Crippen LogP contribution is 2.31. The number of hydrogen-bond acceptors (Lipinski definition) is 6. The molecule has 3 aromatic rings. The molecule has 1 aromatic heterocycles. The van der Waals surface area contributed by atoms with E-state index in [2.05, 4.69) is 20.2 Å². The number of sulfone groups is 1. The number of aromatic amines is 1. The molecular formula is C28H40F3N5O2S. The lowest BCUT2D eigenvalue weighted by atomic mass is 10.2. The first-order chi connectivity index (χ1) is 18.4. The van der Waals surface area contributed by atoms with Crippen LogP contribution in [0.4, 0.5) is 18.9 Å². The average Bonchev–Trinajstić information content (AvgIpc) is 3.33. The molecule has 4 rings (SSSR count). The van der Waals surface area contributed by atoms with E-state index in [-0.39, 0.29) is 7.47 Å². The number of halogens is 3. The van der Waals surface area contributed by atoms with Gasteiger partial charge in [-0.2, -0.15) is 13.2 Å². The highest BCUT2D eigenvalue weighted by atomic mass is 32.2. The normalized spacial score (nSPS) is 15.4. The Bertz CT molecular complexity index is 1360. The van der Waals surface area contributed by atoms with Gasteiger partial charge in [-0.05, 0) is 56.3 Å². The van der Waals surface area contributed by atoms with Crippen LogP contribution in [-0.2, 0) is 16.0 Å². The van der Waals surface area contributed by atoms with Gasteiger partial charge in [0.2, 0.25) is 0 Å².